The van der Waals surface area contributed by atoms with Crippen molar-refractivity contribution in [2.45, 2.75) is 31.6 Å². The van der Waals surface area contributed by atoms with Crippen molar-refractivity contribution in [2.24, 2.45) is 0 Å². The maximum absolute atomic E-state index is 4.58. The fourth-order valence-corrected chi connectivity index (χ4v) is 3.06. The third kappa shape index (κ3) is 2.90. The van der Waals surface area contributed by atoms with Crippen LogP contribution in [0.5, 0.6) is 0 Å². The van der Waals surface area contributed by atoms with Crippen LogP contribution in [0.3, 0.4) is 0 Å². The Morgan fingerprint density at radius 2 is 2.14 bits per heavy atom. The number of fused-ring (bicyclic) bond motifs is 1. The van der Waals surface area contributed by atoms with Crippen molar-refractivity contribution in [3.63, 3.8) is 0 Å². The Bertz CT molecular complexity index is 710. The number of aromatic nitrogens is 4. The lowest BCUT2D eigenvalue weighted by Crippen LogP contribution is -2.03. The molecule has 1 aromatic carbocycles. The van der Waals surface area contributed by atoms with Gasteiger partial charge in [0.2, 0.25) is 5.13 Å². The van der Waals surface area contributed by atoms with E-state index in [-0.39, 0.29) is 0 Å². The summed E-state index contributed by atoms with van der Waals surface area (Å²) in [5, 5.41) is 4.30. The monoisotopic (exact) mass is 299 g/mol. The Balaban J connectivity index is 1.28. The molecule has 108 valence electrons. The number of aromatic amines is 1. The first-order valence-corrected chi connectivity index (χ1v) is 8.17. The number of hydrogen-bond donors (Lipinski definition) is 2. The summed E-state index contributed by atoms with van der Waals surface area (Å²) in [5.41, 5.74) is 2.15. The van der Waals surface area contributed by atoms with Gasteiger partial charge in [-0.1, -0.05) is 12.1 Å². The summed E-state index contributed by atoms with van der Waals surface area (Å²) in [6.07, 6.45) is 4.47. The Morgan fingerprint density at radius 3 is 3.00 bits per heavy atom. The molecule has 4 rings (SSSR count). The lowest BCUT2D eigenvalue weighted by Gasteiger charge is -2.00. The summed E-state index contributed by atoms with van der Waals surface area (Å²) in [4.78, 5) is 12.5. The Kier molecular flexibility index (Phi) is 3.31. The number of hydrogen-bond acceptors (Lipinski definition) is 5. The molecular weight excluding hydrogens is 282 g/mol. The molecule has 5 nitrogen and oxygen atoms in total. The molecule has 2 aromatic heterocycles. The quantitative estimate of drug-likeness (QED) is 0.685. The second-order valence-electron chi connectivity index (χ2n) is 5.46. The molecule has 0 saturated heterocycles. The number of imidazole rings is 1. The van der Waals surface area contributed by atoms with E-state index in [0.717, 1.165) is 47.2 Å². The molecule has 6 heteroatoms. The van der Waals surface area contributed by atoms with Gasteiger partial charge in [-0.25, -0.2) is 9.97 Å². The van der Waals surface area contributed by atoms with Crippen LogP contribution in [0.25, 0.3) is 11.0 Å². The van der Waals surface area contributed by atoms with E-state index in [4.69, 9.17) is 0 Å². The second kappa shape index (κ2) is 5.44. The van der Waals surface area contributed by atoms with Crippen LogP contribution in [-0.4, -0.2) is 25.9 Å². The van der Waals surface area contributed by atoms with Gasteiger partial charge in [0.05, 0.1) is 11.0 Å². The van der Waals surface area contributed by atoms with Gasteiger partial charge >= 0.3 is 0 Å². The summed E-state index contributed by atoms with van der Waals surface area (Å²) in [6, 6.07) is 8.14. The minimum Gasteiger partial charge on any atom is -0.360 e. The summed E-state index contributed by atoms with van der Waals surface area (Å²) in [6.45, 7) is 0.899. The summed E-state index contributed by atoms with van der Waals surface area (Å²) in [5.74, 6) is 2.71. The predicted molar refractivity (Wildman–Crippen MR) is 84.8 cm³/mol. The highest BCUT2D eigenvalue weighted by atomic mass is 32.1. The molecule has 1 aliphatic rings. The van der Waals surface area contributed by atoms with Crippen LogP contribution in [0.1, 0.15) is 36.8 Å². The zero-order chi connectivity index (χ0) is 14.1. The van der Waals surface area contributed by atoms with E-state index < -0.39 is 0 Å². The van der Waals surface area contributed by atoms with Crippen molar-refractivity contribution in [1.29, 1.82) is 0 Å². The SMILES string of the molecule is c1ccc2[nH]c(CCCNc3nc(C4CC4)ns3)nc2c1. The van der Waals surface area contributed by atoms with Crippen LogP contribution in [0, 0.1) is 0 Å². The highest BCUT2D eigenvalue weighted by Crippen LogP contribution is 2.39. The van der Waals surface area contributed by atoms with Crippen LogP contribution < -0.4 is 5.32 Å². The highest BCUT2D eigenvalue weighted by Gasteiger charge is 2.27. The van der Waals surface area contributed by atoms with Gasteiger partial charge in [0.25, 0.3) is 0 Å². The number of anilines is 1. The van der Waals surface area contributed by atoms with E-state index in [1.54, 1.807) is 0 Å². The Hall–Kier alpha value is -1.95. The lowest BCUT2D eigenvalue weighted by molar-refractivity contribution is 0.818. The van der Waals surface area contributed by atoms with Crippen molar-refractivity contribution in [3.8, 4) is 0 Å². The third-order valence-corrected chi connectivity index (χ3v) is 4.38. The largest absolute Gasteiger partial charge is 0.360 e. The third-order valence-electron chi connectivity index (χ3n) is 3.69. The predicted octanol–water partition coefficient (Wildman–Crippen LogP) is 3.34. The Labute approximate surface area is 127 Å². The van der Waals surface area contributed by atoms with Gasteiger partial charge in [-0.2, -0.15) is 4.37 Å². The van der Waals surface area contributed by atoms with Crippen molar-refractivity contribution in [2.75, 3.05) is 11.9 Å². The van der Waals surface area contributed by atoms with E-state index in [1.807, 2.05) is 18.2 Å². The van der Waals surface area contributed by atoms with Gasteiger partial charge in [0.15, 0.2) is 0 Å². The van der Waals surface area contributed by atoms with Crippen molar-refractivity contribution >= 4 is 27.7 Å². The molecule has 1 fully saturated rings. The fraction of sp³-hybridized carbons (Fsp3) is 0.400. The summed E-state index contributed by atoms with van der Waals surface area (Å²) >= 11 is 1.47. The van der Waals surface area contributed by atoms with E-state index >= 15 is 0 Å². The number of H-pyrrole nitrogens is 1. The van der Waals surface area contributed by atoms with Crippen LogP contribution in [0.4, 0.5) is 5.13 Å². The second-order valence-corrected chi connectivity index (χ2v) is 6.21. The normalized spacial score (nSPS) is 14.7. The van der Waals surface area contributed by atoms with Crippen molar-refractivity contribution in [3.05, 3.63) is 35.9 Å². The van der Waals surface area contributed by atoms with Crippen LogP contribution in [0.15, 0.2) is 24.3 Å². The topological polar surface area (TPSA) is 66.5 Å². The number of aryl methyl sites for hydroxylation is 1. The molecule has 0 atom stereocenters. The molecule has 3 aromatic rings. The number of para-hydroxylation sites is 2. The van der Waals surface area contributed by atoms with Crippen molar-refractivity contribution in [1.82, 2.24) is 19.3 Å². The van der Waals surface area contributed by atoms with Gasteiger partial charge in [0.1, 0.15) is 11.6 Å². The van der Waals surface area contributed by atoms with Gasteiger partial charge in [-0.05, 0) is 31.4 Å². The van der Waals surface area contributed by atoms with Gasteiger partial charge < -0.3 is 10.3 Å². The molecule has 0 radical (unpaired) electrons. The first kappa shape index (κ1) is 12.8. The number of rotatable bonds is 6. The van der Waals surface area contributed by atoms with Crippen LogP contribution >= 0.6 is 11.5 Å². The smallest absolute Gasteiger partial charge is 0.202 e. The van der Waals surface area contributed by atoms with E-state index in [1.165, 1.54) is 24.4 Å². The van der Waals surface area contributed by atoms with E-state index in [9.17, 15) is 0 Å². The summed E-state index contributed by atoms with van der Waals surface area (Å²) < 4.78 is 4.39. The summed E-state index contributed by atoms with van der Waals surface area (Å²) in [7, 11) is 0. The average molecular weight is 299 g/mol. The van der Waals surface area contributed by atoms with Crippen LogP contribution in [-0.2, 0) is 6.42 Å². The molecule has 2 heterocycles. The molecular formula is C15H17N5S. The maximum atomic E-state index is 4.58. The molecule has 2 N–H and O–H groups in total. The minimum atomic E-state index is 0.632. The average Bonchev–Trinajstić information content (AvgIpc) is 3.10. The first-order chi connectivity index (χ1) is 10.4. The number of nitrogens with zero attached hydrogens (tertiary/aromatic N) is 3. The Morgan fingerprint density at radius 1 is 1.24 bits per heavy atom. The van der Waals surface area contributed by atoms with Gasteiger partial charge in [-0.15, -0.1) is 0 Å². The van der Waals surface area contributed by atoms with Crippen molar-refractivity contribution < 1.29 is 0 Å². The fourth-order valence-electron chi connectivity index (χ4n) is 2.39. The molecule has 21 heavy (non-hydrogen) atoms. The molecule has 1 aliphatic carbocycles. The standard InChI is InChI=1S/C15H17N5S/c1-2-5-12-11(4-1)17-13(18-12)6-3-9-16-15-19-14(20-21-15)10-7-8-10/h1-2,4-5,10H,3,6-9H2,(H,17,18)(H,16,19,20). The number of benzene rings is 1. The molecule has 0 spiro atoms. The maximum Gasteiger partial charge on any atom is 0.202 e. The number of nitrogens with one attached hydrogen (secondary N) is 2. The van der Waals surface area contributed by atoms with Crippen LogP contribution in [0.2, 0.25) is 0 Å². The minimum absolute atomic E-state index is 0.632. The zero-order valence-electron chi connectivity index (χ0n) is 11.7. The van der Waals surface area contributed by atoms with Gasteiger partial charge in [0, 0.05) is 30.4 Å². The van der Waals surface area contributed by atoms with E-state index in [0.29, 0.717) is 5.92 Å². The molecule has 0 aliphatic heterocycles. The molecule has 0 unspecified atom stereocenters. The molecule has 1 saturated carbocycles. The zero-order valence-corrected chi connectivity index (χ0v) is 12.5. The molecule has 0 bridgehead atoms. The van der Waals surface area contributed by atoms with E-state index in [2.05, 4.69) is 30.7 Å². The first-order valence-electron chi connectivity index (χ1n) is 7.39. The lowest BCUT2D eigenvalue weighted by atomic mass is 10.3. The molecule has 0 amide bonds. The van der Waals surface area contributed by atoms with Gasteiger partial charge in [-0.3, -0.25) is 0 Å². The highest BCUT2D eigenvalue weighted by molar-refractivity contribution is 7.09.